The second-order valence-corrected chi connectivity index (χ2v) is 8.46. The number of nitrogens with one attached hydrogen (secondary N) is 1. The number of nitrogens with zero attached hydrogens (tertiary/aromatic N) is 1. The average molecular weight is 459 g/mol. The number of benzene rings is 1. The molecule has 2 saturated carbocycles. The zero-order valence-corrected chi connectivity index (χ0v) is 16.8. The summed E-state index contributed by atoms with van der Waals surface area (Å²) in [6.45, 7) is -1.40. The molecule has 166 valence electrons. The molecule has 4 rings (SSSR count). The maximum atomic E-state index is 12.8. The summed E-state index contributed by atoms with van der Waals surface area (Å²) in [6, 6.07) is 2.42. The Kier molecular flexibility index (Phi) is 5.45. The van der Waals surface area contributed by atoms with Crippen molar-refractivity contribution in [3.63, 3.8) is 0 Å². The van der Waals surface area contributed by atoms with Crippen LogP contribution in [0, 0.1) is 23.7 Å². The highest BCUT2D eigenvalue weighted by molar-refractivity contribution is 6.33. The third kappa shape index (κ3) is 4.00. The summed E-state index contributed by atoms with van der Waals surface area (Å²) in [7, 11) is 0. The van der Waals surface area contributed by atoms with Gasteiger partial charge in [-0.15, -0.1) is 0 Å². The van der Waals surface area contributed by atoms with Gasteiger partial charge < -0.3 is 10.1 Å². The number of ether oxygens (including phenoxy) is 1. The first-order chi connectivity index (χ1) is 14.6. The molecule has 1 aromatic rings. The van der Waals surface area contributed by atoms with Gasteiger partial charge in [-0.2, -0.15) is 13.2 Å². The first-order valence-electron chi connectivity index (χ1n) is 9.73. The van der Waals surface area contributed by atoms with Gasteiger partial charge in [0, 0.05) is 0 Å². The zero-order chi connectivity index (χ0) is 22.5. The van der Waals surface area contributed by atoms with E-state index in [9.17, 15) is 32.3 Å². The summed E-state index contributed by atoms with van der Waals surface area (Å²) in [4.78, 5) is 50.1. The number of rotatable bonds is 5. The predicted octanol–water partition coefficient (Wildman–Crippen LogP) is 2.87. The number of halogens is 4. The Balaban J connectivity index is 1.31. The van der Waals surface area contributed by atoms with Crippen molar-refractivity contribution in [1.82, 2.24) is 4.90 Å². The van der Waals surface area contributed by atoms with E-state index >= 15 is 0 Å². The SMILES string of the molecule is O=C(COC(=O)CN1C(=O)[C@@H]2[C@H]3CC[C@@H](C3)[C@H]2C1=O)Nc1cc(C(F)(F)F)ccc1Cl. The Morgan fingerprint density at radius 2 is 1.74 bits per heavy atom. The van der Waals surface area contributed by atoms with Crippen molar-refractivity contribution in [2.24, 2.45) is 23.7 Å². The molecule has 0 unspecified atom stereocenters. The molecule has 4 atom stereocenters. The topological polar surface area (TPSA) is 92.8 Å². The monoisotopic (exact) mass is 458 g/mol. The van der Waals surface area contributed by atoms with Crippen LogP contribution in [0.4, 0.5) is 18.9 Å². The highest BCUT2D eigenvalue weighted by atomic mass is 35.5. The molecule has 0 spiro atoms. The van der Waals surface area contributed by atoms with Gasteiger partial charge in [0.15, 0.2) is 6.61 Å². The van der Waals surface area contributed by atoms with E-state index in [2.05, 4.69) is 5.32 Å². The summed E-state index contributed by atoms with van der Waals surface area (Å²) < 4.78 is 43.2. The van der Waals surface area contributed by atoms with Gasteiger partial charge >= 0.3 is 12.1 Å². The number of esters is 1. The van der Waals surface area contributed by atoms with E-state index in [0.29, 0.717) is 6.07 Å². The maximum absolute atomic E-state index is 12.8. The largest absolute Gasteiger partial charge is 0.454 e. The third-order valence-electron chi connectivity index (χ3n) is 6.24. The number of hydrogen-bond acceptors (Lipinski definition) is 5. The number of amides is 3. The molecule has 1 saturated heterocycles. The quantitative estimate of drug-likeness (QED) is 0.541. The Morgan fingerprint density at radius 1 is 1.13 bits per heavy atom. The van der Waals surface area contributed by atoms with Crippen LogP contribution in [0.5, 0.6) is 0 Å². The van der Waals surface area contributed by atoms with Crippen molar-refractivity contribution in [3.8, 4) is 0 Å². The second kappa shape index (κ2) is 7.81. The molecule has 31 heavy (non-hydrogen) atoms. The molecule has 11 heteroatoms. The van der Waals surface area contributed by atoms with E-state index in [0.717, 1.165) is 36.3 Å². The fraction of sp³-hybridized carbons (Fsp3) is 0.500. The van der Waals surface area contributed by atoms with E-state index in [-0.39, 0.29) is 46.2 Å². The van der Waals surface area contributed by atoms with Crippen molar-refractivity contribution in [3.05, 3.63) is 28.8 Å². The number of carbonyl (C=O) groups is 4. The van der Waals surface area contributed by atoms with E-state index in [1.807, 2.05) is 0 Å². The van der Waals surface area contributed by atoms with Crippen molar-refractivity contribution in [1.29, 1.82) is 0 Å². The Labute approximate surface area is 179 Å². The number of hydrogen-bond donors (Lipinski definition) is 1. The van der Waals surface area contributed by atoms with Gasteiger partial charge in [0.2, 0.25) is 11.8 Å². The van der Waals surface area contributed by atoms with Crippen LogP contribution in [0.1, 0.15) is 24.8 Å². The standard InChI is InChI=1S/C20H18ClF3N2O5/c21-12-4-3-11(20(22,23)24)6-13(12)25-14(27)8-31-15(28)7-26-18(29)16-9-1-2-10(5-9)17(16)19(26)30/h3-4,6,9-10,16-17H,1-2,5,7-8H2,(H,25,27)/t9-,10-,16+,17+/m0/s1. The van der Waals surface area contributed by atoms with Crippen LogP contribution in [0.15, 0.2) is 18.2 Å². The van der Waals surface area contributed by atoms with Gasteiger partial charge in [0.1, 0.15) is 6.54 Å². The molecule has 3 fully saturated rings. The van der Waals surface area contributed by atoms with Crippen molar-refractivity contribution in [2.75, 3.05) is 18.5 Å². The highest BCUT2D eigenvalue weighted by Crippen LogP contribution is 2.56. The number of alkyl halides is 3. The summed E-state index contributed by atoms with van der Waals surface area (Å²) in [5.74, 6) is -3.01. The minimum Gasteiger partial charge on any atom is -0.454 e. The lowest BCUT2D eigenvalue weighted by atomic mass is 9.81. The van der Waals surface area contributed by atoms with E-state index in [1.54, 1.807) is 0 Å². The Morgan fingerprint density at radius 3 is 2.32 bits per heavy atom. The summed E-state index contributed by atoms with van der Waals surface area (Å²) in [6.07, 6.45) is -1.95. The average Bonchev–Trinajstić information content (AvgIpc) is 3.37. The molecule has 2 bridgehead atoms. The van der Waals surface area contributed by atoms with Gasteiger partial charge in [-0.3, -0.25) is 24.1 Å². The van der Waals surface area contributed by atoms with Crippen LogP contribution < -0.4 is 5.32 Å². The minimum absolute atomic E-state index is 0.123. The third-order valence-corrected chi connectivity index (χ3v) is 6.57. The van der Waals surface area contributed by atoms with Crippen LogP contribution in [0.25, 0.3) is 0 Å². The molecule has 1 heterocycles. The molecular weight excluding hydrogens is 441 g/mol. The second-order valence-electron chi connectivity index (χ2n) is 8.05. The Hall–Kier alpha value is -2.62. The van der Waals surface area contributed by atoms with Crippen LogP contribution >= 0.6 is 11.6 Å². The molecule has 7 nitrogen and oxygen atoms in total. The maximum Gasteiger partial charge on any atom is 0.416 e. The number of anilines is 1. The number of fused-ring (bicyclic) bond motifs is 5. The van der Waals surface area contributed by atoms with Crippen LogP contribution in [-0.2, 0) is 30.1 Å². The fourth-order valence-electron chi connectivity index (χ4n) is 4.93. The van der Waals surface area contributed by atoms with Crippen molar-refractivity contribution < 1.29 is 37.1 Å². The van der Waals surface area contributed by atoms with E-state index in [1.165, 1.54) is 0 Å². The van der Waals surface area contributed by atoms with Crippen molar-refractivity contribution >= 4 is 41.0 Å². The van der Waals surface area contributed by atoms with Crippen LogP contribution in [0.3, 0.4) is 0 Å². The van der Waals surface area contributed by atoms with E-state index in [4.69, 9.17) is 16.3 Å². The first-order valence-corrected chi connectivity index (χ1v) is 10.1. The summed E-state index contributed by atoms with van der Waals surface area (Å²) >= 11 is 5.80. The molecule has 0 aromatic heterocycles. The lowest BCUT2D eigenvalue weighted by Gasteiger charge is -2.19. The summed E-state index contributed by atoms with van der Waals surface area (Å²) in [5, 5.41) is 2.02. The number of likely N-dealkylation sites (tertiary alicyclic amines) is 1. The molecule has 1 N–H and O–H groups in total. The molecule has 1 aromatic carbocycles. The van der Waals surface area contributed by atoms with Crippen LogP contribution in [0.2, 0.25) is 5.02 Å². The lowest BCUT2D eigenvalue weighted by Crippen LogP contribution is -2.38. The summed E-state index contributed by atoms with van der Waals surface area (Å²) in [5.41, 5.74) is -1.29. The fourth-order valence-corrected chi connectivity index (χ4v) is 5.10. The number of carbonyl (C=O) groups excluding carboxylic acids is 4. The zero-order valence-electron chi connectivity index (χ0n) is 16.1. The Bertz CT molecular complexity index is 939. The van der Waals surface area contributed by atoms with Crippen molar-refractivity contribution in [2.45, 2.75) is 25.4 Å². The predicted molar refractivity (Wildman–Crippen MR) is 101 cm³/mol. The van der Waals surface area contributed by atoms with E-state index < -0.39 is 36.8 Å². The molecule has 0 radical (unpaired) electrons. The van der Waals surface area contributed by atoms with Gasteiger partial charge in [-0.1, -0.05) is 11.6 Å². The van der Waals surface area contributed by atoms with Gasteiger partial charge in [0.05, 0.1) is 28.1 Å². The molecule has 3 amide bonds. The van der Waals surface area contributed by atoms with Gasteiger partial charge in [0.25, 0.3) is 5.91 Å². The molecule has 1 aliphatic heterocycles. The number of imide groups is 1. The van der Waals surface area contributed by atoms with Gasteiger partial charge in [-0.25, -0.2) is 0 Å². The molecule has 3 aliphatic rings. The highest BCUT2D eigenvalue weighted by Gasteiger charge is 2.61. The van der Waals surface area contributed by atoms with Crippen LogP contribution in [-0.4, -0.2) is 41.7 Å². The van der Waals surface area contributed by atoms with Gasteiger partial charge in [-0.05, 0) is 49.3 Å². The normalized spacial score (nSPS) is 26.9. The minimum atomic E-state index is -4.62. The lowest BCUT2D eigenvalue weighted by molar-refractivity contribution is -0.154. The molecule has 2 aliphatic carbocycles. The first kappa shape index (κ1) is 21.6. The molecular formula is C20H18ClF3N2O5. The smallest absolute Gasteiger partial charge is 0.416 e.